The molecule has 2 aromatic rings. The van der Waals surface area contributed by atoms with Gasteiger partial charge in [0.05, 0.1) is 11.9 Å². The van der Waals surface area contributed by atoms with Gasteiger partial charge in [0.25, 0.3) is 0 Å². The molecule has 1 atom stereocenters. The Bertz CT molecular complexity index is 660. The summed E-state index contributed by atoms with van der Waals surface area (Å²) in [5, 5.41) is 0. The Morgan fingerprint density at radius 1 is 1.05 bits per heavy atom. The van der Waals surface area contributed by atoms with Crippen LogP contribution in [0.3, 0.4) is 0 Å². The number of benzene rings is 2. The first kappa shape index (κ1) is 14.2. The predicted molar refractivity (Wildman–Crippen MR) is 81.2 cm³/mol. The fourth-order valence-corrected chi connectivity index (χ4v) is 2.81. The van der Waals surface area contributed by atoms with E-state index >= 15 is 0 Å². The quantitative estimate of drug-likeness (QED) is 0.778. The van der Waals surface area contributed by atoms with Crippen LogP contribution in [-0.4, -0.2) is 20.3 Å². The van der Waals surface area contributed by atoms with E-state index in [-0.39, 0.29) is 16.4 Å². The van der Waals surface area contributed by atoms with Crippen LogP contribution in [0.15, 0.2) is 36.4 Å². The third kappa shape index (κ3) is 2.83. The van der Waals surface area contributed by atoms with E-state index in [1.54, 1.807) is 12.1 Å². The van der Waals surface area contributed by atoms with Gasteiger partial charge in [0, 0.05) is 0 Å². The van der Waals surface area contributed by atoms with Gasteiger partial charge in [0.15, 0.2) is 23.1 Å². The Morgan fingerprint density at radius 3 is 2.48 bits per heavy atom. The van der Waals surface area contributed by atoms with Gasteiger partial charge in [-0.05, 0) is 35.4 Å². The third-order valence-corrected chi connectivity index (χ3v) is 4.38. The molecule has 0 radical (unpaired) electrons. The highest BCUT2D eigenvalue weighted by molar-refractivity contribution is 9.09. The number of fused-ring (bicyclic) bond motifs is 1. The molecule has 3 rings (SSSR count). The summed E-state index contributed by atoms with van der Waals surface area (Å²) in [4.78, 5) is -0.0807. The molecule has 1 aliphatic rings. The van der Waals surface area contributed by atoms with Crippen molar-refractivity contribution in [3.8, 4) is 17.2 Å². The maximum Gasteiger partial charge on any atom is 0.165 e. The van der Waals surface area contributed by atoms with Gasteiger partial charge in [-0.1, -0.05) is 28.1 Å². The molecule has 110 valence electrons. The maximum atomic E-state index is 13.5. The number of alkyl halides is 1. The van der Waals surface area contributed by atoms with Gasteiger partial charge in [0.2, 0.25) is 0 Å². The van der Waals surface area contributed by atoms with Crippen LogP contribution >= 0.6 is 15.9 Å². The summed E-state index contributed by atoms with van der Waals surface area (Å²) in [7, 11) is 1.45. The van der Waals surface area contributed by atoms with Gasteiger partial charge < -0.3 is 14.2 Å². The van der Waals surface area contributed by atoms with Crippen LogP contribution in [-0.2, 0) is 0 Å². The van der Waals surface area contributed by atoms with Gasteiger partial charge in [-0.2, -0.15) is 0 Å². The number of halogens is 2. The minimum absolute atomic E-state index is 0.0807. The van der Waals surface area contributed by atoms with Crippen LogP contribution < -0.4 is 14.2 Å². The third-order valence-electron chi connectivity index (χ3n) is 3.33. The topological polar surface area (TPSA) is 27.7 Å². The van der Waals surface area contributed by atoms with E-state index in [0.717, 1.165) is 22.6 Å². The van der Waals surface area contributed by atoms with E-state index < -0.39 is 0 Å². The smallest absolute Gasteiger partial charge is 0.165 e. The van der Waals surface area contributed by atoms with E-state index in [2.05, 4.69) is 15.9 Å². The molecule has 0 amide bonds. The number of hydrogen-bond donors (Lipinski definition) is 0. The maximum absolute atomic E-state index is 13.5. The molecule has 0 bridgehead atoms. The van der Waals surface area contributed by atoms with Crippen molar-refractivity contribution >= 4 is 15.9 Å². The second-order valence-electron chi connectivity index (χ2n) is 4.66. The Hall–Kier alpha value is -1.75. The Morgan fingerprint density at radius 2 is 1.71 bits per heavy atom. The lowest BCUT2D eigenvalue weighted by Gasteiger charge is -2.20. The number of ether oxygens (including phenoxy) is 3. The lowest BCUT2D eigenvalue weighted by atomic mass is 10.0. The van der Waals surface area contributed by atoms with Crippen molar-refractivity contribution in [2.24, 2.45) is 0 Å². The number of rotatable bonds is 3. The molecule has 0 aliphatic carbocycles. The molecule has 0 saturated heterocycles. The van der Waals surface area contributed by atoms with Gasteiger partial charge in [-0.15, -0.1) is 0 Å². The average molecular weight is 353 g/mol. The first-order valence-corrected chi connectivity index (χ1v) is 7.47. The molecule has 0 N–H and O–H groups in total. The first-order valence-electron chi connectivity index (χ1n) is 6.56. The van der Waals surface area contributed by atoms with Crippen molar-refractivity contribution in [1.29, 1.82) is 0 Å². The molecule has 0 aromatic heterocycles. The van der Waals surface area contributed by atoms with Crippen molar-refractivity contribution in [3.05, 3.63) is 53.3 Å². The number of methoxy groups -OCH3 is 1. The normalized spacial score (nSPS) is 14.6. The van der Waals surface area contributed by atoms with Crippen molar-refractivity contribution in [1.82, 2.24) is 0 Å². The standard InChI is InChI=1S/C16H14BrFO3/c1-19-14-8-10(2-4-12(14)18)16(17)11-3-5-13-15(9-11)21-7-6-20-13/h2-5,8-9,16H,6-7H2,1H3. The highest BCUT2D eigenvalue weighted by atomic mass is 79.9. The summed E-state index contributed by atoms with van der Waals surface area (Å²) in [6.07, 6.45) is 0. The molecule has 0 saturated carbocycles. The Labute approximate surface area is 130 Å². The molecule has 1 aliphatic heterocycles. The van der Waals surface area contributed by atoms with Crippen LogP contribution in [0.5, 0.6) is 17.2 Å². The summed E-state index contributed by atoms with van der Waals surface area (Å²) in [6, 6.07) is 10.6. The highest BCUT2D eigenvalue weighted by Crippen LogP contribution is 2.38. The summed E-state index contributed by atoms with van der Waals surface area (Å²) >= 11 is 3.64. The molecular formula is C16H14BrFO3. The molecule has 5 heteroatoms. The molecule has 1 unspecified atom stereocenters. The summed E-state index contributed by atoms with van der Waals surface area (Å²) in [6.45, 7) is 1.12. The molecule has 1 heterocycles. The van der Waals surface area contributed by atoms with Crippen molar-refractivity contribution in [2.45, 2.75) is 4.83 Å². The zero-order valence-corrected chi connectivity index (χ0v) is 13.0. The molecular weight excluding hydrogens is 339 g/mol. The van der Waals surface area contributed by atoms with Crippen LogP contribution in [0.4, 0.5) is 4.39 Å². The van der Waals surface area contributed by atoms with Crippen LogP contribution in [0.1, 0.15) is 16.0 Å². The van der Waals surface area contributed by atoms with Gasteiger partial charge in [-0.25, -0.2) is 4.39 Å². The second-order valence-corrected chi connectivity index (χ2v) is 5.58. The van der Waals surface area contributed by atoms with Crippen LogP contribution in [0, 0.1) is 5.82 Å². The lowest BCUT2D eigenvalue weighted by Crippen LogP contribution is -2.15. The Balaban J connectivity index is 1.92. The first-order chi connectivity index (χ1) is 10.2. The molecule has 2 aromatic carbocycles. The largest absolute Gasteiger partial charge is 0.494 e. The fraction of sp³-hybridized carbons (Fsp3) is 0.250. The van der Waals surface area contributed by atoms with E-state index in [1.165, 1.54) is 13.2 Å². The van der Waals surface area contributed by atoms with E-state index in [4.69, 9.17) is 14.2 Å². The zero-order valence-electron chi connectivity index (χ0n) is 11.4. The van der Waals surface area contributed by atoms with Gasteiger partial charge in [-0.3, -0.25) is 0 Å². The van der Waals surface area contributed by atoms with E-state index in [9.17, 15) is 4.39 Å². The minimum atomic E-state index is -0.372. The molecule has 21 heavy (non-hydrogen) atoms. The summed E-state index contributed by atoms with van der Waals surface area (Å²) in [5.74, 6) is 1.34. The molecule has 3 nitrogen and oxygen atoms in total. The van der Waals surface area contributed by atoms with Gasteiger partial charge in [0.1, 0.15) is 13.2 Å². The fourth-order valence-electron chi connectivity index (χ4n) is 2.24. The summed E-state index contributed by atoms with van der Waals surface area (Å²) in [5.41, 5.74) is 1.91. The number of hydrogen-bond acceptors (Lipinski definition) is 3. The van der Waals surface area contributed by atoms with Crippen molar-refractivity contribution in [2.75, 3.05) is 20.3 Å². The van der Waals surface area contributed by atoms with Crippen molar-refractivity contribution in [3.63, 3.8) is 0 Å². The second kappa shape index (κ2) is 5.93. The Kier molecular flexibility index (Phi) is 4.01. The van der Waals surface area contributed by atoms with Crippen LogP contribution in [0.25, 0.3) is 0 Å². The van der Waals surface area contributed by atoms with Crippen molar-refractivity contribution < 1.29 is 18.6 Å². The average Bonchev–Trinajstić information content (AvgIpc) is 2.54. The SMILES string of the molecule is COc1cc(C(Br)c2ccc3c(c2)OCCO3)ccc1F. The predicted octanol–water partition coefficient (Wildman–Crippen LogP) is 4.09. The van der Waals surface area contributed by atoms with Gasteiger partial charge >= 0.3 is 0 Å². The lowest BCUT2D eigenvalue weighted by molar-refractivity contribution is 0.171. The minimum Gasteiger partial charge on any atom is -0.494 e. The van der Waals surface area contributed by atoms with E-state index in [0.29, 0.717) is 13.2 Å². The van der Waals surface area contributed by atoms with E-state index in [1.807, 2.05) is 18.2 Å². The highest BCUT2D eigenvalue weighted by Gasteiger charge is 2.17. The summed E-state index contributed by atoms with van der Waals surface area (Å²) < 4.78 is 29.6. The van der Waals surface area contributed by atoms with Crippen LogP contribution in [0.2, 0.25) is 0 Å². The molecule has 0 fully saturated rings. The monoisotopic (exact) mass is 352 g/mol. The zero-order chi connectivity index (χ0) is 14.8. The molecule has 0 spiro atoms.